The number of hydrogen-bond acceptors (Lipinski definition) is 2. The second-order valence-electron chi connectivity index (χ2n) is 9.44. The van der Waals surface area contributed by atoms with Crippen LogP contribution in [-0.4, -0.2) is 37.5 Å². The summed E-state index contributed by atoms with van der Waals surface area (Å²) in [5.74, 6) is 2.44. The number of rotatable bonds is 10. The maximum Gasteiger partial charge on any atom is 0.223 e. The summed E-state index contributed by atoms with van der Waals surface area (Å²) in [7, 11) is 1.88. The number of hydrogen-bond donors (Lipinski definition) is 0. The van der Waals surface area contributed by atoms with Gasteiger partial charge in [0.05, 0.1) is 0 Å². The molecule has 1 aliphatic heterocycles. The Morgan fingerprint density at radius 3 is 2.45 bits per heavy atom. The predicted molar refractivity (Wildman–Crippen MR) is 126 cm³/mol. The van der Waals surface area contributed by atoms with Gasteiger partial charge in [0.2, 0.25) is 5.91 Å². The molecule has 1 fully saturated rings. The lowest BCUT2D eigenvalue weighted by Gasteiger charge is -2.35. The van der Waals surface area contributed by atoms with Gasteiger partial charge in [-0.15, -0.1) is 0 Å². The van der Waals surface area contributed by atoms with E-state index >= 15 is 0 Å². The van der Waals surface area contributed by atoms with E-state index in [1.54, 1.807) is 11.8 Å². The molecule has 0 spiro atoms. The van der Waals surface area contributed by atoms with Crippen LogP contribution in [0.3, 0.4) is 0 Å². The monoisotopic (exact) mass is 400 g/mol. The maximum absolute atomic E-state index is 11.8. The Morgan fingerprint density at radius 2 is 1.86 bits per heavy atom. The third kappa shape index (κ3) is 7.13. The molecule has 2 rings (SSSR count). The zero-order valence-corrected chi connectivity index (χ0v) is 19.8. The van der Waals surface area contributed by atoms with Crippen molar-refractivity contribution in [2.24, 2.45) is 11.8 Å². The topological polar surface area (TPSA) is 23.6 Å². The van der Waals surface area contributed by atoms with Gasteiger partial charge in [0.1, 0.15) is 0 Å². The molecule has 0 bridgehead atoms. The first-order chi connectivity index (χ1) is 13.8. The van der Waals surface area contributed by atoms with Gasteiger partial charge in [-0.3, -0.25) is 4.79 Å². The van der Waals surface area contributed by atoms with Crippen LogP contribution in [0.1, 0.15) is 89.7 Å². The molecule has 0 N–H and O–H groups in total. The summed E-state index contributed by atoms with van der Waals surface area (Å²) in [6, 6.07) is 6.71. The number of nitrogens with zero attached hydrogens (tertiary/aromatic N) is 2. The molecule has 1 heterocycles. The quantitative estimate of drug-likeness (QED) is 0.454. The second-order valence-corrected chi connectivity index (χ2v) is 9.44. The zero-order valence-electron chi connectivity index (χ0n) is 19.8. The summed E-state index contributed by atoms with van der Waals surface area (Å²) in [6.45, 7) is 14.5. The number of anilines is 1. The molecule has 1 saturated heterocycles. The number of aryl methyl sites for hydroxylation is 1. The summed E-state index contributed by atoms with van der Waals surface area (Å²) in [5.41, 5.74) is 3.64. The van der Waals surface area contributed by atoms with Gasteiger partial charge in [0.15, 0.2) is 0 Å². The van der Waals surface area contributed by atoms with Gasteiger partial charge in [0.25, 0.3) is 0 Å². The minimum Gasteiger partial charge on any atom is -0.315 e. The Balaban J connectivity index is 1.92. The fourth-order valence-electron chi connectivity index (χ4n) is 4.68. The van der Waals surface area contributed by atoms with Crippen LogP contribution >= 0.6 is 0 Å². The van der Waals surface area contributed by atoms with E-state index in [9.17, 15) is 4.79 Å². The fourth-order valence-corrected chi connectivity index (χ4v) is 4.68. The number of piperidine rings is 1. The largest absolute Gasteiger partial charge is 0.315 e. The van der Waals surface area contributed by atoms with Crippen LogP contribution in [0.2, 0.25) is 0 Å². The van der Waals surface area contributed by atoms with E-state index in [4.69, 9.17) is 0 Å². The average Bonchev–Trinajstić information content (AvgIpc) is 2.72. The lowest BCUT2D eigenvalue weighted by atomic mass is 9.87. The highest BCUT2D eigenvalue weighted by atomic mass is 16.2. The van der Waals surface area contributed by atoms with E-state index in [2.05, 4.69) is 50.8 Å². The number of carbonyl (C=O) groups excluding carboxylic acids is 1. The Morgan fingerprint density at radius 1 is 1.17 bits per heavy atom. The molecule has 3 nitrogen and oxygen atoms in total. The van der Waals surface area contributed by atoms with E-state index in [-0.39, 0.29) is 5.91 Å². The smallest absolute Gasteiger partial charge is 0.223 e. The Labute approximate surface area is 179 Å². The minimum atomic E-state index is 0.0967. The van der Waals surface area contributed by atoms with Crippen LogP contribution in [0.15, 0.2) is 18.2 Å². The summed E-state index contributed by atoms with van der Waals surface area (Å²) in [6.07, 6.45) is 9.22. The van der Waals surface area contributed by atoms with Crippen LogP contribution in [0.4, 0.5) is 5.69 Å². The van der Waals surface area contributed by atoms with Crippen molar-refractivity contribution in [3.05, 3.63) is 29.3 Å². The Bertz CT molecular complexity index is 634. The molecule has 2 atom stereocenters. The molecule has 3 heteroatoms. The van der Waals surface area contributed by atoms with Crippen LogP contribution in [-0.2, 0) is 4.79 Å². The first-order valence-corrected chi connectivity index (χ1v) is 11.9. The molecular weight excluding hydrogens is 356 g/mol. The highest BCUT2D eigenvalue weighted by Crippen LogP contribution is 2.32. The minimum absolute atomic E-state index is 0.0967. The van der Waals surface area contributed by atoms with Gasteiger partial charge < -0.3 is 9.80 Å². The van der Waals surface area contributed by atoms with Crippen molar-refractivity contribution in [3.63, 3.8) is 0 Å². The summed E-state index contributed by atoms with van der Waals surface area (Å²) < 4.78 is 0. The van der Waals surface area contributed by atoms with Gasteiger partial charge in [-0.1, -0.05) is 52.2 Å². The van der Waals surface area contributed by atoms with Crippen molar-refractivity contribution in [3.8, 4) is 0 Å². The molecule has 0 radical (unpaired) electrons. The van der Waals surface area contributed by atoms with Crippen molar-refractivity contribution >= 4 is 11.6 Å². The molecule has 1 amide bonds. The molecule has 164 valence electrons. The number of benzene rings is 1. The zero-order chi connectivity index (χ0) is 21.4. The van der Waals surface area contributed by atoms with Crippen LogP contribution in [0.25, 0.3) is 0 Å². The predicted octanol–water partition coefficient (Wildman–Crippen LogP) is 6.40. The van der Waals surface area contributed by atoms with Gasteiger partial charge in [-0.2, -0.15) is 0 Å². The van der Waals surface area contributed by atoms with E-state index < -0.39 is 0 Å². The Hall–Kier alpha value is -1.35. The van der Waals surface area contributed by atoms with Crippen LogP contribution < -0.4 is 4.90 Å². The SMILES string of the molecule is CCCC(CCC(C)CC)CN1CCC(c2ccc(C)c(N(C)C(C)=O)c2)CC1. The van der Waals surface area contributed by atoms with Crippen molar-refractivity contribution in [2.75, 3.05) is 31.6 Å². The third-order valence-electron chi connectivity index (χ3n) is 7.10. The van der Waals surface area contributed by atoms with Gasteiger partial charge in [0, 0.05) is 26.2 Å². The molecule has 1 aromatic rings. The van der Waals surface area contributed by atoms with E-state index in [0.29, 0.717) is 5.92 Å². The molecule has 2 unspecified atom stereocenters. The lowest BCUT2D eigenvalue weighted by molar-refractivity contribution is -0.116. The van der Waals surface area contributed by atoms with E-state index in [1.165, 1.54) is 75.7 Å². The van der Waals surface area contributed by atoms with E-state index in [0.717, 1.165) is 17.5 Å². The first kappa shape index (κ1) is 23.9. The van der Waals surface area contributed by atoms with E-state index in [1.807, 2.05) is 7.05 Å². The molecule has 0 aromatic heterocycles. The van der Waals surface area contributed by atoms with Crippen LogP contribution in [0, 0.1) is 18.8 Å². The fraction of sp³-hybridized carbons (Fsp3) is 0.731. The molecule has 0 saturated carbocycles. The molecule has 1 aromatic carbocycles. The highest BCUT2D eigenvalue weighted by molar-refractivity contribution is 5.91. The first-order valence-electron chi connectivity index (χ1n) is 11.9. The van der Waals surface area contributed by atoms with Crippen LogP contribution in [0.5, 0.6) is 0 Å². The molecule has 1 aliphatic rings. The van der Waals surface area contributed by atoms with Crippen molar-refractivity contribution in [1.82, 2.24) is 4.90 Å². The van der Waals surface area contributed by atoms with Gasteiger partial charge in [-0.05, 0) is 80.6 Å². The molecule has 29 heavy (non-hydrogen) atoms. The standard InChI is InChI=1S/C26H44N2O/c1-7-9-23(12-10-20(3)8-2)19-28-16-14-24(15-17-28)25-13-11-21(4)26(18-25)27(6)22(5)29/h11,13,18,20,23-24H,7-10,12,14-17,19H2,1-6H3. The summed E-state index contributed by atoms with van der Waals surface area (Å²) in [5, 5.41) is 0. The summed E-state index contributed by atoms with van der Waals surface area (Å²) >= 11 is 0. The second kappa shape index (κ2) is 11.7. The maximum atomic E-state index is 11.8. The Kier molecular flexibility index (Phi) is 9.68. The van der Waals surface area contributed by atoms with Crippen molar-refractivity contribution in [1.29, 1.82) is 0 Å². The summed E-state index contributed by atoms with van der Waals surface area (Å²) in [4.78, 5) is 16.3. The highest BCUT2D eigenvalue weighted by Gasteiger charge is 2.23. The third-order valence-corrected chi connectivity index (χ3v) is 7.10. The normalized spacial score (nSPS) is 17.9. The average molecular weight is 401 g/mol. The lowest BCUT2D eigenvalue weighted by Crippen LogP contribution is -2.36. The van der Waals surface area contributed by atoms with Crippen molar-refractivity contribution in [2.45, 2.75) is 85.5 Å². The van der Waals surface area contributed by atoms with Gasteiger partial charge >= 0.3 is 0 Å². The number of amides is 1. The van der Waals surface area contributed by atoms with Crippen molar-refractivity contribution < 1.29 is 4.79 Å². The van der Waals surface area contributed by atoms with Gasteiger partial charge in [-0.25, -0.2) is 0 Å². The number of carbonyl (C=O) groups is 1. The molecular formula is C26H44N2O. The molecule has 0 aliphatic carbocycles. The number of likely N-dealkylation sites (tertiary alicyclic amines) is 1.